The van der Waals surface area contributed by atoms with Crippen molar-refractivity contribution < 1.29 is 62.9 Å². The summed E-state index contributed by atoms with van der Waals surface area (Å²) in [6.45, 7) is 9.54. The minimum atomic E-state index is -1.71. The van der Waals surface area contributed by atoms with Crippen LogP contribution in [0.15, 0.2) is 12.1 Å². The number of hydrogen-bond donors (Lipinski definition) is 3. The number of carbonyl (C=O) groups excluding carboxylic acids is 1. The quantitative estimate of drug-likeness (QED) is 0.0322. The van der Waals surface area contributed by atoms with Gasteiger partial charge in [-0.3, -0.25) is 0 Å². The summed E-state index contributed by atoms with van der Waals surface area (Å²) in [6.07, 6.45) is 24.2. The van der Waals surface area contributed by atoms with Crippen molar-refractivity contribution in [3.8, 4) is 0 Å². The van der Waals surface area contributed by atoms with Crippen LogP contribution in [-0.4, -0.2) is 91.1 Å². The summed E-state index contributed by atoms with van der Waals surface area (Å²) in [5.74, 6) is -7.76. The number of carboxylic acids is 3. The van der Waals surface area contributed by atoms with Gasteiger partial charge in [0.05, 0.1) is 55.3 Å². The van der Waals surface area contributed by atoms with Crippen molar-refractivity contribution in [2.75, 3.05) is 39.6 Å². The Morgan fingerprint density at radius 2 is 0.729 bits per heavy atom. The van der Waals surface area contributed by atoms with Crippen molar-refractivity contribution in [2.45, 2.75) is 194 Å². The fourth-order valence-electron chi connectivity index (χ4n) is 6.61. The van der Waals surface area contributed by atoms with Crippen LogP contribution in [0.25, 0.3) is 0 Å². The first-order valence-corrected chi connectivity index (χ1v) is 22.8. The maximum atomic E-state index is 13.2. The molecule has 1 aromatic rings. The molecule has 0 spiro atoms. The van der Waals surface area contributed by atoms with Crippen LogP contribution >= 0.6 is 0 Å². The second kappa shape index (κ2) is 34.6. The fourth-order valence-corrected chi connectivity index (χ4v) is 6.61. The summed E-state index contributed by atoms with van der Waals surface area (Å²) >= 11 is 0. The van der Waals surface area contributed by atoms with Gasteiger partial charge in [0, 0.05) is 0 Å². The standard InChI is InChI=1S/C46H78O13/c1-5-9-13-17-21-25-29-55-45(56-34-33-54-44(53)40-36-38(42(49)50)37(41(47)48)35-39(40)43(51)52)46(57-30-26-22-18-14-10-6-2,58-31-27-23-19-15-11-7-3)59-32-28-24-20-16-12-8-4/h35-36,45H,5-34H2,1-4H3,(H,47,48)(H,49,50)(H,51,52). The van der Waals surface area contributed by atoms with E-state index in [9.17, 15) is 34.5 Å². The number of rotatable bonds is 41. The zero-order valence-electron chi connectivity index (χ0n) is 36.9. The van der Waals surface area contributed by atoms with Gasteiger partial charge in [0.15, 0.2) is 0 Å². The van der Waals surface area contributed by atoms with E-state index in [1.807, 2.05) is 0 Å². The Kier molecular flexibility index (Phi) is 31.6. The highest BCUT2D eigenvalue weighted by Gasteiger charge is 2.45. The van der Waals surface area contributed by atoms with E-state index in [1.165, 1.54) is 25.7 Å². The molecule has 3 N–H and O–H groups in total. The molecular weight excluding hydrogens is 760 g/mol. The topological polar surface area (TPSA) is 184 Å². The van der Waals surface area contributed by atoms with Crippen molar-refractivity contribution >= 4 is 23.9 Å². The Balaban J connectivity index is 3.37. The lowest BCUT2D eigenvalue weighted by Crippen LogP contribution is -2.53. The molecule has 0 radical (unpaired) electrons. The molecule has 0 heterocycles. The lowest BCUT2D eigenvalue weighted by atomic mass is 9.98. The van der Waals surface area contributed by atoms with Gasteiger partial charge in [-0.2, -0.15) is 0 Å². The number of hydrogen-bond acceptors (Lipinski definition) is 10. The molecule has 59 heavy (non-hydrogen) atoms. The highest BCUT2D eigenvalue weighted by molar-refractivity contribution is 6.09. The van der Waals surface area contributed by atoms with Crippen molar-refractivity contribution in [1.82, 2.24) is 0 Å². The summed E-state index contributed by atoms with van der Waals surface area (Å²) in [5.41, 5.74) is -2.81. The van der Waals surface area contributed by atoms with E-state index in [2.05, 4.69) is 27.7 Å². The Morgan fingerprint density at radius 1 is 0.424 bits per heavy atom. The molecule has 0 fully saturated rings. The van der Waals surface area contributed by atoms with Gasteiger partial charge < -0.3 is 43.7 Å². The lowest BCUT2D eigenvalue weighted by Gasteiger charge is -2.39. The molecule has 0 bridgehead atoms. The van der Waals surface area contributed by atoms with E-state index < -0.39 is 58.4 Å². The largest absolute Gasteiger partial charge is 0.478 e. The van der Waals surface area contributed by atoms with Crippen LogP contribution in [0.5, 0.6) is 0 Å². The third-order valence-electron chi connectivity index (χ3n) is 10.1. The van der Waals surface area contributed by atoms with Crippen LogP contribution in [0.1, 0.15) is 223 Å². The molecule has 0 aliphatic carbocycles. The number of carbonyl (C=O) groups is 4. The number of esters is 1. The Labute approximate surface area is 354 Å². The van der Waals surface area contributed by atoms with Crippen molar-refractivity contribution in [3.63, 3.8) is 0 Å². The number of ether oxygens (including phenoxy) is 6. The maximum absolute atomic E-state index is 13.2. The van der Waals surface area contributed by atoms with Gasteiger partial charge >= 0.3 is 29.9 Å². The third kappa shape index (κ3) is 23.5. The van der Waals surface area contributed by atoms with Crippen molar-refractivity contribution in [1.29, 1.82) is 0 Å². The van der Waals surface area contributed by atoms with Crippen molar-refractivity contribution in [2.24, 2.45) is 0 Å². The van der Waals surface area contributed by atoms with Gasteiger partial charge in [-0.15, -0.1) is 0 Å². The van der Waals surface area contributed by atoms with Gasteiger partial charge in [-0.1, -0.05) is 156 Å². The number of benzene rings is 1. The molecule has 340 valence electrons. The summed E-state index contributed by atoms with van der Waals surface area (Å²) in [5, 5.41) is 28.8. The van der Waals surface area contributed by atoms with Crippen LogP contribution in [-0.2, 0) is 28.4 Å². The molecule has 1 unspecified atom stereocenters. The molecule has 0 aromatic heterocycles. The van der Waals surface area contributed by atoms with Crippen LogP contribution in [0.4, 0.5) is 0 Å². The molecular formula is C46H78O13. The molecule has 0 aliphatic heterocycles. The first kappa shape index (κ1) is 53.9. The van der Waals surface area contributed by atoms with E-state index in [0.717, 1.165) is 128 Å². The SMILES string of the molecule is CCCCCCCCOC(OCCOC(=O)c1cc(C(=O)O)c(C(=O)O)cc1C(=O)O)C(OCCCCCCCC)(OCCCCCCCC)OCCCCCCCC. The normalized spacial score (nSPS) is 12.1. The van der Waals surface area contributed by atoms with E-state index in [-0.39, 0.29) is 13.2 Å². The van der Waals surface area contributed by atoms with Gasteiger partial charge in [-0.25, -0.2) is 19.2 Å². The minimum absolute atomic E-state index is 0.225. The summed E-state index contributed by atoms with van der Waals surface area (Å²) in [6, 6.07) is 1.35. The molecule has 13 heteroatoms. The van der Waals surface area contributed by atoms with Gasteiger partial charge in [0.2, 0.25) is 6.29 Å². The third-order valence-corrected chi connectivity index (χ3v) is 10.1. The molecule has 13 nitrogen and oxygen atoms in total. The number of aromatic carboxylic acids is 3. The number of unbranched alkanes of at least 4 members (excludes halogenated alkanes) is 20. The second-order valence-corrected chi connectivity index (χ2v) is 15.3. The summed E-state index contributed by atoms with van der Waals surface area (Å²) < 4.78 is 37.9. The zero-order valence-corrected chi connectivity index (χ0v) is 36.9. The average molecular weight is 839 g/mol. The lowest BCUT2D eigenvalue weighted by molar-refractivity contribution is -0.457. The smallest absolute Gasteiger partial charge is 0.339 e. The predicted octanol–water partition coefficient (Wildman–Crippen LogP) is 11.4. The van der Waals surface area contributed by atoms with Crippen LogP contribution in [0, 0.1) is 0 Å². The average Bonchev–Trinajstić information content (AvgIpc) is 3.22. The first-order chi connectivity index (χ1) is 28.6. The molecule has 0 saturated carbocycles. The van der Waals surface area contributed by atoms with Crippen LogP contribution in [0.3, 0.4) is 0 Å². The van der Waals surface area contributed by atoms with E-state index >= 15 is 0 Å². The molecule has 1 rings (SSSR count). The highest BCUT2D eigenvalue weighted by Crippen LogP contribution is 2.28. The van der Waals surface area contributed by atoms with Crippen molar-refractivity contribution in [3.05, 3.63) is 34.4 Å². The Hall–Kier alpha value is -3.10. The molecule has 1 atom stereocenters. The second-order valence-electron chi connectivity index (χ2n) is 15.3. The first-order valence-electron chi connectivity index (χ1n) is 22.8. The molecule has 0 aliphatic rings. The van der Waals surface area contributed by atoms with Gasteiger partial charge in [0.25, 0.3) is 0 Å². The Bertz CT molecular complexity index is 1240. The summed E-state index contributed by atoms with van der Waals surface area (Å²) in [4.78, 5) is 48.7. The Morgan fingerprint density at radius 3 is 1.10 bits per heavy atom. The molecule has 0 saturated heterocycles. The monoisotopic (exact) mass is 839 g/mol. The number of carboxylic acid groups (broad SMARTS) is 3. The van der Waals surface area contributed by atoms with E-state index in [0.29, 0.717) is 38.6 Å². The van der Waals surface area contributed by atoms with Gasteiger partial charge in [0.1, 0.15) is 6.61 Å². The maximum Gasteiger partial charge on any atom is 0.339 e. The van der Waals surface area contributed by atoms with E-state index in [4.69, 9.17) is 28.4 Å². The molecule has 0 amide bonds. The van der Waals surface area contributed by atoms with E-state index in [1.54, 1.807) is 0 Å². The fraction of sp³-hybridized carbons (Fsp3) is 0.783. The van der Waals surface area contributed by atoms with Crippen LogP contribution in [0.2, 0.25) is 0 Å². The molecule has 1 aromatic carbocycles. The summed E-state index contributed by atoms with van der Waals surface area (Å²) in [7, 11) is 0. The van der Waals surface area contributed by atoms with Crippen LogP contribution < -0.4 is 0 Å². The predicted molar refractivity (Wildman–Crippen MR) is 227 cm³/mol. The minimum Gasteiger partial charge on any atom is -0.478 e. The van der Waals surface area contributed by atoms with Gasteiger partial charge in [-0.05, 0) is 37.8 Å². The highest BCUT2D eigenvalue weighted by atomic mass is 16.9. The zero-order chi connectivity index (χ0) is 43.6.